The van der Waals surface area contributed by atoms with Gasteiger partial charge in [-0.2, -0.15) is 0 Å². The van der Waals surface area contributed by atoms with Gasteiger partial charge in [0, 0.05) is 11.0 Å². The van der Waals surface area contributed by atoms with E-state index >= 15 is 0 Å². The van der Waals surface area contributed by atoms with Crippen LogP contribution in [0.15, 0.2) is 12.2 Å². The molecule has 0 aliphatic carbocycles. The van der Waals surface area contributed by atoms with E-state index in [4.69, 9.17) is 35.7 Å². The molecule has 0 aromatic heterocycles. The number of carboxylic acids is 1. The minimum absolute atomic E-state index is 0.156. The molecule has 0 radical (unpaired) electrons. The van der Waals surface area contributed by atoms with E-state index in [-0.39, 0.29) is 38.6 Å². The lowest BCUT2D eigenvalue weighted by atomic mass is 9.88. The van der Waals surface area contributed by atoms with Gasteiger partial charge in [0.25, 0.3) is 0 Å². The summed E-state index contributed by atoms with van der Waals surface area (Å²) < 4.78 is 4.50. The number of ether oxygens (including phenoxy) is 1. The minimum atomic E-state index is -0.954. The smallest absolute Gasteiger partial charge is 0.330 e. The maximum atomic E-state index is 9.60. The van der Waals surface area contributed by atoms with Crippen LogP contribution in [0.1, 0.15) is 20.3 Å². The average molecular weight is 356 g/mol. The lowest BCUT2D eigenvalue weighted by Gasteiger charge is -2.24. The molecule has 0 aromatic carbocycles. The van der Waals surface area contributed by atoms with Crippen molar-refractivity contribution in [3.63, 3.8) is 0 Å². The van der Waals surface area contributed by atoms with Crippen LogP contribution in [0, 0.1) is 5.41 Å². The Morgan fingerprint density at radius 3 is 1.38 bits per heavy atom. The second-order valence-electron chi connectivity index (χ2n) is 5.04. The van der Waals surface area contributed by atoms with Crippen LogP contribution in [0.3, 0.4) is 0 Å². The third-order valence-electron chi connectivity index (χ3n) is 2.75. The average Bonchev–Trinajstić information content (AvgIpc) is 3.47. The van der Waals surface area contributed by atoms with Crippen molar-refractivity contribution in [1.82, 2.24) is 0 Å². The zero-order chi connectivity index (χ0) is 19.6. The molecule has 1 heterocycles. The predicted molar refractivity (Wildman–Crippen MR) is 87.4 cm³/mol. The van der Waals surface area contributed by atoms with Gasteiger partial charge < -0.3 is 40.5 Å². The first kappa shape index (κ1) is 27.8. The van der Waals surface area contributed by atoms with Gasteiger partial charge in [0.15, 0.2) is 0 Å². The monoisotopic (exact) mass is 356 g/mol. The molecular formula is C15H32O9. The highest BCUT2D eigenvalue weighted by molar-refractivity contribution is 5.84. The third-order valence-corrected chi connectivity index (χ3v) is 2.75. The lowest BCUT2D eigenvalue weighted by Crippen LogP contribution is -2.32. The van der Waals surface area contributed by atoms with E-state index < -0.39 is 17.5 Å². The molecule has 1 aliphatic heterocycles. The summed E-state index contributed by atoms with van der Waals surface area (Å²) in [5.74, 6) is -0.935. The SMILES string of the molecule is C1CO1.C=C(C)C(=O)O.CCC(CO)(CO)CO.OCC(O)CO. The lowest BCUT2D eigenvalue weighted by molar-refractivity contribution is -0.132. The van der Waals surface area contributed by atoms with E-state index in [2.05, 4.69) is 11.3 Å². The first-order chi connectivity index (χ1) is 11.2. The number of aliphatic carboxylic acids is 1. The highest BCUT2D eigenvalue weighted by atomic mass is 16.6. The van der Waals surface area contributed by atoms with Crippen molar-refractivity contribution in [3.05, 3.63) is 12.2 Å². The van der Waals surface area contributed by atoms with Gasteiger partial charge in [-0.25, -0.2) is 4.79 Å². The molecular weight excluding hydrogens is 324 g/mol. The first-order valence-electron chi connectivity index (χ1n) is 7.39. The standard InChI is InChI=1S/C6H14O3.C4H6O2.C3H8O3.C2H4O/c1-2-6(3-7,4-8)5-9;1-3(2)4(5)6;4-1-3(6)2-5;1-2-3-1/h7-9H,2-5H2,1H3;1H2,2H3,(H,5,6);3-6H,1-2H2;1-2H2. The molecule has 1 saturated heterocycles. The van der Waals surface area contributed by atoms with Crippen LogP contribution in [0.4, 0.5) is 0 Å². The van der Waals surface area contributed by atoms with Gasteiger partial charge in [0.05, 0.1) is 46.2 Å². The highest BCUT2D eigenvalue weighted by Crippen LogP contribution is 2.18. The summed E-state index contributed by atoms with van der Waals surface area (Å²) in [5.41, 5.74) is -0.491. The minimum Gasteiger partial charge on any atom is -0.478 e. The van der Waals surface area contributed by atoms with E-state index in [0.717, 1.165) is 13.2 Å². The van der Waals surface area contributed by atoms with Gasteiger partial charge in [-0.1, -0.05) is 13.5 Å². The zero-order valence-corrected chi connectivity index (χ0v) is 14.4. The molecule has 1 rings (SSSR count). The van der Waals surface area contributed by atoms with E-state index in [1.165, 1.54) is 6.92 Å². The maximum Gasteiger partial charge on any atom is 0.330 e. The van der Waals surface area contributed by atoms with E-state index in [1.54, 1.807) is 0 Å². The van der Waals surface area contributed by atoms with Gasteiger partial charge in [-0.3, -0.25) is 0 Å². The summed E-state index contributed by atoms with van der Waals surface area (Å²) in [5, 5.41) is 57.9. The van der Waals surface area contributed by atoms with Gasteiger partial charge in [0.1, 0.15) is 6.10 Å². The van der Waals surface area contributed by atoms with Crippen LogP contribution < -0.4 is 0 Å². The van der Waals surface area contributed by atoms with Crippen LogP contribution in [0.2, 0.25) is 0 Å². The number of hydrogen-bond donors (Lipinski definition) is 7. The molecule has 0 spiro atoms. The molecule has 1 fully saturated rings. The Labute approximate surface area is 142 Å². The normalized spacial score (nSPS) is 11.9. The molecule has 0 aromatic rings. The van der Waals surface area contributed by atoms with Crippen molar-refractivity contribution < 1.29 is 45.3 Å². The second-order valence-corrected chi connectivity index (χ2v) is 5.04. The van der Waals surface area contributed by atoms with Crippen molar-refractivity contribution in [2.75, 3.05) is 46.2 Å². The summed E-state index contributed by atoms with van der Waals surface area (Å²) in [4.78, 5) is 9.60. The number of epoxide rings is 1. The molecule has 9 heteroatoms. The van der Waals surface area contributed by atoms with Crippen LogP contribution in [0.5, 0.6) is 0 Å². The Bertz CT molecular complexity index is 265. The molecule has 7 N–H and O–H groups in total. The van der Waals surface area contributed by atoms with Crippen molar-refractivity contribution in [1.29, 1.82) is 0 Å². The molecule has 0 atom stereocenters. The third kappa shape index (κ3) is 20.9. The number of rotatable bonds is 7. The number of aliphatic hydroxyl groups is 6. The summed E-state index contributed by atoms with van der Waals surface area (Å²) in [6.45, 7) is 7.23. The summed E-state index contributed by atoms with van der Waals surface area (Å²) >= 11 is 0. The zero-order valence-electron chi connectivity index (χ0n) is 14.4. The molecule has 0 unspecified atom stereocenters. The predicted octanol–water partition coefficient (Wildman–Crippen LogP) is -1.64. The van der Waals surface area contributed by atoms with Crippen molar-refractivity contribution in [2.24, 2.45) is 5.41 Å². The highest BCUT2D eigenvalue weighted by Gasteiger charge is 2.24. The molecule has 24 heavy (non-hydrogen) atoms. The van der Waals surface area contributed by atoms with E-state index in [1.807, 2.05) is 6.92 Å². The molecule has 0 saturated carbocycles. The van der Waals surface area contributed by atoms with Gasteiger partial charge in [-0.05, 0) is 13.3 Å². The van der Waals surface area contributed by atoms with E-state index in [0.29, 0.717) is 6.42 Å². The molecule has 0 bridgehead atoms. The number of carboxylic acid groups (broad SMARTS) is 1. The second kappa shape index (κ2) is 18.3. The Balaban J connectivity index is -0.000000259. The van der Waals surface area contributed by atoms with Crippen LogP contribution in [-0.4, -0.2) is 94.1 Å². The van der Waals surface area contributed by atoms with Crippen LogP contribution >= 0.6 is 0 Å². The largest absolute Gasteiger partial charge is 0.478 e. The Morgan fingerprint density at radius 1 is 1.08 bits per heavy atom. The Hall–Kier alpha value is -1.07. The molecule has 9 nitrogen and oxygen atoms in total. The van der Waals surface area contributed by atoms with E-state index in [9.17, 15) is 4.79 Å². The van der Waals surface area contributed by atoms with Gasteiger partial charge in [-0.15, -0.1) is 0 Å². The quantitative estimate of drug-likeness (QED) is 0.208. The molecule has 1 aliphatic rings. The van der Waals surface area contributed by atoms with Crippen molar-refractivity contribution >= 4 is 5.97 Å². The van der Waals surface area contributed by atoms with Gasteiger partial charge >= 0.3 is 5.97 Å². The summed E-state index contributed by atoms with van der Waals surface area (Å²) in [7, 11) is 0. The summed E-state index contributed by atoms with van der Waals surface area (Å²) in [6, 6.07) is 0. The van der Waals surface area contributed by atoms with Crippen LogP contribution in [0.25, 0.3) is 0 Å². The fourth-order valence-corrected chi connectivity index (χ4v) is 0.543. The fraction of sp³-hybridized carbons (Fsp3) is 0.800. The number of hydrogen-bond acceptors (Lipinski definition) is 8. The van der Waals surface area contributed by atoms with Gasteiger partial charge in [0.2, 0.25) is 0 Å². The summed E-state index contributed by atoms with van der Waals surface area (Å²) in [6.07, 6.45) is -0.360. The Morgan fingerprint density at radius 2 is 1.38 bits per heavy atom. The van der Waals surface area contributed by atoms with Crippen molar-refractivity contribution in [3.8, 4) is 0 Å². The Kier molecular flexibility index (Phi) is 21.1. The number of carbonyl (C=O) groups is 1. The molecule has 0 amide bonds. The topological polar surface area (TPSA) is 171 Å². The first-order valence-corrected chi connectivity index (χ1v) is 7.39. The maximum absolute atomic E-state index is 9.60. The van der Waals surface area contributed by atoms with Crippen molar-refractivity contribution in [2.45, 2.75) is 26.4 Å². The molecule has 146 valence electrons. The fourth-order valence-electron chi connectivity index (χ4n) is 0.543. The van der Waals surface area contributed by atoms with Crippen LogP contribution in [-0.2, 0) is 9.53 Å². The number of aliphatic hydroxyl groups excluding tert-OH is 6.